The number of amides is 2. The van der Waals surface area contributed by atoms with Gasteiger partial charge in [0.2, 0.25) is 0 Å². The predicted molar refractivity (Wildman–Crippen MR) is 96.7 cm³/mol. The Labute approximate surface area is 140 Å². The van der Waals surface area contributed by atoms with Crippen LogP contribution in [-0.4, -0.2) is 19.4 Å². The first-order valence-corrected chi connectivity index (χ1v) is 7.49. The molecule has 0 atom stereocenters. The number of rotatable bonds is 4. The predicted octanol–water partition coefficient (Wildman–Crippen LogP) is 4.00. The molecule has 0 radical (unpaired) electrons. The Morgan fingerprint density at radius 2 is 1.75 bits per heavy atom. The molecule has 0 spiro atoms. The van der Waals surface area contributed by atoms with Gasteiger partial charge in [0.25, 0.3) is 0 Å². The van der Waals surface area contributed by atoms with E-state index >= 15 is 0 Å². The first kappa shape index (κ1) is 15.6. The van der Waals surface area contributed by atoms with Crippen molar-refractivity contribution in [2.45, 2.75) is 0 Å². The molecular weight excluding hydrogens is 302 g/mol. The Hall–Kier alpha value is -3.34. The van der Waals surface area contributed by atoms with E-state index in [4.69, 9.17) is 4.74 Å². The van der Waals surface area contributed by atoms with Crippen LogP contribution in [0.1, 0.15) is 5.56 Å². The summed E-state index contributed by atoms with van der Waals surface area (Å²) in [6, 6.07) is 20.6. The molecular formula is C19H17N3O2. The standard InChI is InChI=1S/C19H17N3O2/c1-24-18-12-11-14-7-5-6-10-16(14)17(18)13-20-22-19(23)21-15-8-3-2-4-9-15/h2-13H,1H3,(H2,21,22,23)/b20-13-. The molecule has 2 N–H and O–H groups in total. The van der Waals surface area contributed by atoms with E-state index < -0.39 is 6.03 Å². The number of benzene rings is 3. The van der Waals surface area contributed by atoms with Crippen molar-refractivity contribution in [3.63, 3.8) is 0 Å². The normalized spacial score (nSPS) is 10.7. The van der Waals surface area contributed by atoms with Gasteiger partial charge in [-0.05, 0) is 29.0 Å². The van der Waals surface area contributed by atoms with E-state index in [1.54, 1.807) is 25.5 Å². The monoisotopic (exact) mass is 319 g/mol. The number of anilines is 1. The molecule has 0 unspecified atom stereocenters. The molecule has 24 heavy (non-hydrogen) atoms. The van der Waals surface area contributed by atoms with Gasteiger partial charge in [-0.2, -0.15) is 5.10 Å². The third-order valence-corrected chi connectivity index (χ3v) is 3.54. The number of carbonyl (C=O) groups is 1. The summed E-state index contributed by atoms with van der Waals surface area (Å²) in [6.45, 7) is 0. The van der Waals surface area contributed by atoms with Crippen LogP contribution >= 0.6 is 0 Å². The highest BCUT2D eigenvalue weighted by molar-refractivity contribution is 6.02. The van der Waals surface area contributed by atoms with Crippen molar-refractivity contribution in [1.82, 2.24) is 5.43 Å². The lowest BCUT2D eigenvalue weighted by Crippen LogP contribution is -2.24. The maximum absolute atomic E-state index is 11.9. The lowest BCUT2D eigenvalue weighted by Gasteiger charge is -2.08. The van der Waals surface area contributed by atoms with Crippen molar-refractivity contribution in [3.05, 3.63) is 72.3 Å². The zero-order valence-corrected chi connectivity index (χ0v) is 13.2. The number of carbonyl (C=O) groups excluding carboxylic acids is 1. The van der Waals surface area contributed by atoms with Gasteiger partial charge < -0.3 is 10.1 Å². The zero-order chi connectivity index (χ0) is 16.8. The van der Waals surface area contributed by atoms with E-state index in [2.05, 4.69) is 15.8 Å². The summed E-state index contributed by atoms with van der Waals surface area (Å²) in [5.41, 5.74) is 3.98. The first-order chi connectivity index (χ1) is 11.8. The summed E-state index contributed by atoms with van der Waals surface area (Å²) in [5, 5.41) is 8.81. The van der Waals surface area contributed by atoms with Crippen molar-refractivity contribution in [2.24, 2.45) is 5.10 Å². The quantitative estimate of drug-likeness (QED) is 0.564. The summed E-state index contributed by atoms with van der Waals surface area (Å²) in [5.74, 6) is 0.697. The minimum atomic E-state index is -0.406. The number of fused-ring (bicyclic) bond motifs is 1. The molecule has 2 amide bonds. The first-order valence-electron chi connectivity index (χ1n) is 7.49. The topological polar surface area (TPSA) is 62.7 Å². The summed E-state index contributed by atoms with van der Waals surface area (Å²) in [4.78, 5) is 11.9. The van der Waals surface area contributed by atoms with Crippen LogP contribution in [0.2, 0.25) is 0 Å². The molecule has 0 fully saturated rings. The van der Waals surface area contributed by atoms with Gasteiger partial charge in [0.15, 0.2) is 0 Å². The fourth-order valence-corrected chi connectivity index (χ4v) is 2.42. The van der Waals surface area contributed by atoms with Gasteiger partial charge in [-0.25, -0.2) is 10.2 Å². The number of hydrogen-bond donors (Lipinski definition) is 2. The highest BCUT2D eigenvalue weighted by Crippen LogP contribution is 2.26. The van der Waals surface area contributed by atoms with Crippen LogP contribution in [0, 0.1) is 0 Å². The van der Waals surface area contributed by atoms with Crippen LogP contribution in [0.15, 0.2) is 71.8 Å². The third-order valence-electron chi connectivity index (χ3n) is 3.54. The number of hydrogen-bond acceptors (Lipinski definition) is 3. The number of methoxy groups -OCH3 is 1. The second kappa shape index (κ2) is 7.28. The van der Waals surface area contributed by atoms with Crippen LogP contribution in [0.25, 0.3) is 10.8 Å². The zero-order valence-electron chi connectivity index (χ0n) is 13.2. The van der Waals surface area contributed by atoms with Crippen LogP contribution in [-0.2, 0) is 0 Å². The molecule has 3 aromatic carbocycles. The number of nitrogens with one attached hydrogen (secondary N) is 2. The maximum atomic E-state index is 11.9. The molecule has 0 saturated carbocycles. The Kier molecular flexibility index (Phi) is 4.72. The van der Waals surface area contributed by atoms with Gasteiger partial charge in [-0.15, -0.1) is 0 Å². The van der Waals surface area contributed by atoms with Crippen molar-refractivity contribution in [2.75, 3.05) is 12.4 Å². The molecule has 0 heterocycles. The fraction of sp³-hybridized carbons (Fsp3) is 0.0526. The van der Waals surface area contributed by atoms with Gasteiger partial charge in [-0.3, -0.25) is 0 Å². The maximum Gasteiger partial charge on any atom is 0.339 e. The highest BCUT2D eigenvalue weighted by atomic mass is 16.5. The van der Waals surface area contributed by atoms with E-state index in [-0.39, 0.29) is 0 Å². The van der Waals surface area contributed by atoms with Crippen molar-refractivity contribution in [1.29, 1.82) is 0 Å². The van der Waals surface area contributed by atoms with Crippen LogP contribution in [0.4, 0.5) is 10.5 Å². The van der Waals surface area contributed by atoms with Gasteiger partial charge in [0.05, 0.1) is 13.3 Å². The molecule has 0 aromatic heterocycles. The molecule has 0 bridgehead atoms. The third kappa shape index (κ3) is 3.52. The van der Waals surface area contributed by atoms with Crippen LogP contribution in [0.5, 0.6) is 5.75 Å². The number of hydrazone groups is 1. The average molecular weight is 319 g/mol. The molecule has 0 aliphatic carbocycles. The molecule has 3 aromatic rings. The van der Waals surface area contributed by atoms with Gasteiger partial charge in [0, 0.05) is 11.3 Å². The Balaban J connectivity index is 1.77. The largest absolute Gasteiger partial charge is 0.496 e. The van der Waals surface area contributed by atoms with Crippen molar-refractivity contribution >= 4 is 28.7 Å². The Morgan fingerprint density at radius 3 is 2.54 bits per heavy atom. The number of nitrogens with zero attached hydrogens (tertiary/aromatic N) is 1. The van der Waals surface area contributed by atoms with Crippen LogP contribution < -0.4 is 15.5 Å². The van der Waals surface area contributed by atoms with E-state index in [1.165, 1.54) is 0 Å². The smallest absolute Gasteiger partial charge is 0.339 e. The molecule has 5 heteroatoms. The van der Waals surface area contributed by atoms with Crippen LogP contribution in [0.3, 0.4) is 0 Å². The minimum absolute atomic E-state index is 0.406. The summed E-state index contributed by atoms with van der Waals surface area (Å²) in [6.07, 6.45) is 1.59. The molecule has 5 nitrogen and oxygen atoms in total. The summed E-state index contributed by atoms with van der Waals surface area (Å²) < 4.78 is 5.39. The summed E-state index contributed by atoms with van der Waals surface area (Å²) in [7, 11) is 1.61. The summed E-state index contributed by atoms with van der Waals surface area (Å²) >= 11 is 0. The Bertz CT molecular complexity index is 876. The molecule has 0 aliphatic rings. The second-order valence-corrected chi connectivity index (χ2v) is 5.09. The average Bonchev–Trinajstić information content (AvgIpc) is 2.62. The lowest BCUT2D eigenvalue weighted by molar-refractivity contribution is 0.252. The highest BCUT2D eigenvalue weighted by Gasteiger charge is 2.06. The molecule has 0 saturated heterocycles. The minimum Gasteiger partial charge on any atom is -0.496 e. The lowest BCUT2D eigenvalue weighted by atomic mass is 10.0. The number of urea groups is 1. The van der Waals surface area contributed by atoms with Gasteiger partial charge >= 0.3 is 6.03 Å². The van der Waals surface area contributed by atoms with E-state index in [9.17, 15) is 4.79 Å². The van der Waals surface area contributed by atoms with Crippen molar-refractivity contribution < 1.29 is 9.53 Å². The SMILES string of the molecule is COc1ccc2ccccc2c1/C=N\NC(=O)Nc1ccccc1. The van der Waals surface area contributed by atoms with Gasteiger partial charge in [0.1, 0.15) is 5.75 Å². The fourth-order valence-electron chi connectivity index (χ4n) is 2.42. The van der Waals surface area contributed by atoms with E-state index in [0.29, 0.717) is 11.4 Å². The van der Waals surface area contributed by atoms with E-state index in [1.807, 2.05) is 54.6 Å². The second-order valence-electron chi connectivity index (χ2n) is 5.09. The molecule has 120 valence electrons. The molecule has 0 aliphatic heterocycles. The number of ether oxygens (including phenoxy) is 1. The van der Waals surface area contributed by atoms with Crippen molar-refractivity contribution in [3.8, 4) is 5.75 Å². The number of para-hydroxylation sites is 1. The molecule has 3 rings (SSSR count). The Morgan fingerprint density at radius 1 is 1.00 bits per heavy atom. The van der Waals surface area contributed by atoms with Gasteiger partial charge in [-0.1, -0.05) is 48.5 Å². The van der Waals surface area contributed by atoms with E-state index in [0.717, 1.165) is 16.3 Å².